The Morgan fingerprint density at radius 2 is 2.06 bits per heavy atom. The fourth-order valence-electron chi connectivity index (χ4n) is 2.08. The standard InChI is InChI=1S/C15H22N2O/c1-2-10-17(11-13-6-4-3-5-7-13)12-15(18)16-14-8-9-14/h3-7,14H,2,8-12H2,1H3,(H,16,18). The van der Waals surface area contributed by atoms with Crippen molar-refractivity contribution in [1.29, 1.82) is 0 Å². The van der Waals surface area contributed by atoms with Crippen molar-refractivity contribution in [1.82, 2.24) is 10.2 Å². The highest BCUT2D eigenvalue weighted by Gasteiger charge is 2.23. The molecule has 0 atom stereocenters. The summed E-state index contributed by atoms with van der Waals surface area (Å²) in [6, 6.07) is 10.8. The van der Waals surface area contributed by atoms with Crippen molar-refractivity contribution in [3.63, 3.8) is 0 Å². The van der Waals surface area contributed by atoms with Crippen LogP contribution < -0.4 is 5.32 Å². The van der Waals surface area contributed by atoms with Crippen LogP contribution in [0, 0.1) is 0 Å². The van der Waals surface area contributed by atoms with Crippen LogP contribution in [0.1, 0.15) is 31.7 Å². The molecular formula is C15H22N2O. The molecule has 98 valence electrons. The third-order valence-corrected chi connectivity index (χ3v) is 3.10. The van der Waals surface area contributed by atoms with E-state index in [0.717, 1.165) is 32.4 Å². The lowest BCUT2D eigenvalue weighted by atomic mass is 10.2. The molecule has 0 bridgehead atoms. The lowest BCUT2D eigenvalue weighted by molar-refractivity contribution is -0.122. The predicted molar refractivity (Wildman–Crippen MR) is 73.2 cm³/mol. The van der Waals surface area contributed by atoms with E-state index in [4.69, 9.17) is 0 Å². The molecule has 3 heteroatoms. The fraction of sp³-hybridized carbons (Fsp3) is 0.533. The van der Waals surface area contributed by atoms with E-state index in [9.17, 15) is 4.79 Å². The molecule has 0 unspecified atom stereocenters. The van der Waals surface area contributed by atoms with Crippen molar-refractivity contribution in [3.8, 4) is 0 Å². The minimum Gasteiger partial charge on any atom is -0.352 e. The molecule has 2 rings (SSSR count). The second-order valence-electron chi connectivity index (χ2n) is 5.04. The van der Waals surface area contributed by atoms with Crippen molar-refractivity contribution >= 4 is 5.91 Å². The van der Waals surface area contributed by atoms with Crippen molar-refractivity contribution in [2.75, 3.05) is 13.1 Å². The van der Waals surface area contributed by atoms with E-state index in [1.165, 1.54) is 5.56 Å². The molecule has 0 aromatic heterocycles. The van der Waals surface area contributed by atoms with Gasteiger partial charge in [0.1, 0.15) is 0 Å². The highest BCUT2D eigenvalue weighted by molar-refractivity contribution is 5.78. The number of nitrogens with zero attached hydrogens (tertiary/aromatic N) is 1. The maximum absolute atomic E-state index is 11.8. The predicted octanol–water partition coefficient (Wildman–Crippen LogP) is 2.18. The van der Waals surface area contributed by atoms with E-state index in [0.29, 0.717) is 12.6 Å². The zero-order chi connectivity index (χ0) is 12.8. The van der Waals surface area contributed by atoms with Crippen molar-refractivity contribution in [2.45, 2.75) is 38.8 Å². The first kappa shape index (κ1) is 13.1. The maximum Gasteiger partial charge on any atom is 0.234 e. The number of amides is 1. The van der Waals surface area contributed by atoms with Gasteiger partial charge in [0.15, 0.2) is 0 Å². The van der Waals surface area contributed by atoms with Crippen LogP contribution in [0.15, 0.2) is 30.3 Å². The van der Waals surface area contributed by atoms with E-state index < -0.39 is 0 Å². The average Bonchev–Trinajstić information content (AvgIpc) is 3.14. The van der Waals surface area contributed by atoms with Gasteiger partial charge >= 0.3 is 0 Å². The molecule has 0 aliphatic heterocycles. The lowest BCUT2D eigenvalue weighted by Gasteiger charge is -2.21. The number of carbonyl (C=O) groups excluding carboxylic acids is 1. The second-order valence-corrected chi connectivity index (χ2v) is 5.04. The smallest absolute Gasteiger partial charge is 0.234 e. The van der Waals surface area contributed by atoms with Gasteiger partial charge in [0.25, 0.3) is 0 Å². The molecule has 0 spiro atoms. The van der Waals surface area contributed by atoms with Gasteiger partial charge in [-0.1, -0.05) is 37.3 Å². The number of hydrogen-bond donors (Lipinski definition) is 1. The fourth-order valence-corrected chi connectivity index (χ4v) is 2.08. The molecule has 18 heavy (non-hydrogen) atoms. The molecule has 1 aromatic rings. The first-order chi connectivity index (χ1) is 8.78. The Balaban J connectivity index is 1.84. The monoisotopic (exact) mass is 246 g/mol. The first-order valence-corrected chi connectivity index (χ1v) is 6.83. The summed E-state index contributed by atoms with van der Waals surface area (Å²) in [4.78, 5) is 14.0. The number of carbonyl (C=O) groups is 1. The van der Waals surface area contributed by atoms with Gasteiger partial charge in [-0.05, 0) is 31.4 Å². The molecule has 1 fully saturated rings. The Kier molecular flexibility index (Phi) is 4.76. The molecular weight excluding hydrogens is 224 g/mol. The Bertz CT molecular complexity index is 373. The van der Waals surface area contributed by atoms with Crippen LogP contribution in [0.5, 0.6) is 0 Å². The molecule has 1 aromatic carbocycles. The van der Waals surface area contributed by atoms with E-state index in [2.05, 4.69) is 29.3 Å². The molecule has 1 saturated carbocycles. The van der Waals surface area contributed by atoms with E-state index in [-0.39, 0.29) is 5.91 Å². The van der Waals surface area contributed by atoms with Crippen LogP contribution in [0.4, 0.5) is 0 Å². The first-order valence-electron chi connectivity index (χ1n) is 6.83. The maximum atomic E-state index is 11.8. The Hall–Kier alpha value is -1.35. The van der Waals surface area contributed by atoms with Crippen LogP contribution in [0.3, 0.4) is 0 Å². The third-order valence-electron chi connectivity index (χ3n) is 3.10. The van der Waals surface area contributed by atoms with E-state index >= 15 is 0 Å². The normalized spacial score (nSPS) is 14.8. The lowest BCUT2D eigenvalue weighted by Crippen LogP contribution is -2.38. The molecule has 0 heterocycles. The SMILES string of the molecule is CCCN(CC(=O)NC1CC1)Cc1ccccc1. The molecule has 1 aliphatic rings. The molecule has 1 N–H and O–H groups in total. The number of rotatable bonds is 7. The average molecular weight is 246 g/mol. The molecule has 1 amide bonds. The van der Waals surface area contributed by atoms with Crippen LogP contribution in [-0.4, -0.2) is 29.9 Å². The Morgan fingerprint density at radius 3 is 2.67 bits per heavy atom. The summed E-state index contributed by atoms with van der Waals surface area (Å²) in [6.07, 6.45) is 3.37. The quantitative estimate of drug-likeness (QED) is 0.799. The summed E-state index contributed by atoms with van der Waals surface area (Å²) in [5.74, 6) is 0.168. The summed E-state index contributed by atoms with van der Waals surface area (Å²) in [5, 5.41) is 3.05. The van der Waals surface area contributed by atoms with Gasteiger partial charge in [-0.25, -0.2) is 0 Å². The van der Waals surface area contributed by atoms with Crippen molar-refractivity contribution in [2.24, 2.45) is 0 Å². The van der Waals surface area contributed by atoms with Crippen molar-refractivity contribution in [3.05, 3.63) is 35.9 Å². The minimum atomic E-state index is 0.168. The Morgan fingerprint density at radius 1 is 1.33 bits per heavy atom. The van der Waals surface area contributed by atoms with Gasteiger partial charge < -0.3 is 5.32 Å². The molecule has 1 aliphatic carbocycles. The second kappa shape index (κ2) is 6.55. The summed E-state index contributed by atoms with van der Waals surface area (Å²) >= 11 is 0. The van der Waals surface area contributed by atoms with Gasteiger partial charge in [-0.2, -0.15) is 0 Å². The van der Waals surface area contributed by atoms with Crippen LogP contribution >= 0.6 is 0 Å². The largest absolute Gasteiger partial charge is 0.352 e. The highest BCUT2D eigenvalue weighted by atomic mass is 16.2. The molecule has 0 radical (unpaired) electrons. The summed E-state index contributed by atoms with van der Waals surface area (Å²) < 4.78 is 0. The van der Waals surface area contributed by atoms with Gasteiger partial charge in [0, 0.05) is 12.6 Å². The van der Waals surface area contributed by atoms with Gasteiger partial charge in [-0.3, -0.25) is 9.69 Å². The molecule has 0 saturated heterocycles. The third kappa shape index (κ3) is 4.49. The van der Waals surface area contributed by atoms with E-state index in [1.807, 2.05) is 18.2 Å². The Labute approximate surface area is 109 Å². The zero-order valence-corrected chi connectivity index (χ0v) is 11.1. The van der Waals surface area contributed by atoms with Crippen LogP contribution in [-0.2, 0) is 11.3 Å². The van der Waals surface area contributed by atoms with Gasteiger partial charge in [0.05, 0.1) is 6.54 Å². The number of nitrogens with one attached hydrogen (secondary N) is 1. The highest BCUT2D eigenvalue weighted by Crippen LogP contribution is 2.18. The topological polar surface area (TPSA) is 32.3 Å². The summed E-state index contributed by atoms with van der Waals surface area (Å²) in [7, 11) is 0. The number of benzene rings is 1. The summed E-state index contributed by atoms with van der Waals surface area (Å²) in [6.45, 7) is 4.48. The van der Waals surface area contributed by atoms with Crippen LogP contribution in [0.25, 0.3) is 0 Å². The summed E-state index contributed by atoms with van der Waals surface area (Å²) in [5.41, 5.74) is 1.27. The molecule has 3 nitrogen and oxygen atoms in total. The van der Waals surface area contributed by atoms with Gasteiger partial charge in [0.2, 0.25) is 5.91 Å². The van der Waals surface area contributed by atoms with E-state index in [1.54, 1.807) is 0 Å². The van der Waals surface area contributed by atoms with Crippen LogP contribution in [0.2, 0.25) is 0 Å². The van der Waals surface area contributed by atoms with Crippen molar-refractivity contribution < 1.29 is 4.79 Å². The zero-order valence-electron chi connectivity index (χ0n) is 11.1. The minimum absolute atomic E-state index is 0.168. The van der Waals surface area contributed by atoms with Gasteiger partial charge in [-0.15, -0.1) is 0 Å². The number of hydrogen-bond acceptors (Lipinski definition) is 2.